The van der Waals surface area contributed by atoms with Crippen molar-refractivity contribution in [2.75, 3.05) is 12.0 Å². The molecule has 26 heavy (non-hydrogen) atoms. The molecule has 5 heteroatoms. The summed E-state index contributed by atoms with van der Waals surface area (Å²) in [6.07, 6.45) is 4.69. The fourth-order valence-corrected chi connectivity index (χ4v) is 3.62. The minimum Gasteiger partial charge on any atom is -0.461 e. The zero-order valence-corrected chi connectivity index (χ0v) is 15.9. The molecule has 0 saturated heterocycles. The van der Waals surface area contributed by atoms with Crippen LogP contribution in [0.25, 0.3) is 22.0 Å². The highest BCUT2D eigenvalue weighted by Crippen LogP contribution is 2.33. The van der Waals surface area contributed by atoms with Crippen molar-refractivity contribution in [3.8, 4) is 11.1 Å². The molecule has 3 aromatic rings. The molecule has 2 atom stereocenters. The molecule has 0 saturated carbocycles. The fraction of sp³-hybridized carbons (Fsp3) is 0.286. The Bertz CT molecular complexity index is 890. The van der Waals surface area contributed by atoms with Gasteiger partial charge in [0.05, 0.1) is 6.10 Å². The quantitative estimate of drug-likeness (QED) is 0.602. The average Bonchev–Trinajstić information content (AvgIpc) is 3.09. The number of aromatic nitrogens is 1. The van der Waals surface area contributed by atoms with Gasteiger partial charge in [0.15, 0.2) is 0 Å². The van der Waals surface area contributed by atoms with Gasteiger partial charge in [0.25, 0.3) is 0 Å². The van der Waals surface area contributed by atoms with Crippen LogP contribution in [0.3, 0.4) is 0 Å². The van der Waals surface area contributed by atoms with Gasteiger partial charge in [0, 0.05) is 22.7 Å². The van der Waals surface area contributed by atoms with E-state index in [0.717, 1.165) is 39.8 Å². The van der Waals surface area contributed by atoms with Crippen molar-refractivity contribution in [2.45, 2.75) is 25.5 Å². The van der Waals surface area contributed by atoms with Gasteiger partial charge in [-0.05, 0) is 42.5 Å². The number of esters is 1. The second kappa shape index (κ2) is 8.43. The molecule has 0 amide bonds. The Morgan fingerprint density at radius 3 is 2.69 bits per heavy atom. The van der Waals surface area contributed by atoms with Crippen molar-refractivity contribution in [1.82, 2.24) is 4.98 Å². The third kappa shape index (κ3) is 3.94. The SMILES string of the molecule is CSCC[C@H](C)OC(=O)[C@@H](N)c1ccccc1-c1c[nH]c2ccccc12. The number of nitrogens with one attached hydrogen (secondary N) is 1. The summed E-state index contributed by atoms with van der Waals surface area (Å²) in [7, 11) is 0. The molecule has 2 aromatic carbocycles. The van der Waals surface area contributed by atoms with Gasteiger partial charge in [-0.25, -0.2) is 4.79 Å². The Balaban J connectivity index is 1.88. The third-order valence-corrected chi connectivity index (χ3v) is 5.12. The molecule has 0 bridgehead atoms. The van der Waals surface area contributed by atoms with Crippen LogP contribution in [0.4, 0.5) is 0 Å². The van der Waals surface area contributed by atoms with E-state index in [1.54, 1.807) is 11.8 Å². The van der Waals surface area contributed by atoms with E-state index in [-0.39, 0.29) is 12.1 Å². The molecule has 0 aliphatic rings. The van der Waals surface area contributed by atoms with Gasteiger partial charge in [-0.3, -0.25) is 0 Å². The van der Waals surface area contributed by atoms with Crippen molar-refractivity contribution >= 4 is 28.6 Å². The molecule has 1 aromatic heterocycles. The number of thioether (sulfide) groups is 1. The van der Waals surface area contributed by atoms with E-state index in [1.807, 2.05) is 61.8 Å². The number of ether oxygens (including phenoxy) is 1. The van der Waals surface area contributed by atoms with E-state index in [0.29, 0.717) is 0 Å². The minimum atomic E-state index is -0.809. The van der Waals surface area contributed by atoms with Crippen molar-refractivity contribution in [3.05, 3.63) is 60.3 Å². The largest absolute Gasteiger partial charge is 0.461 e. The lowest BCUT2D eigenvalue weighted by atomic mass is 9.95. The molecule has 136 valence electrons. The first-order valence-corrected chi connectivity index (χ1v) is 10.1. The van der Waals surface area contributed by atoms with Crippen molar-refractivity contribution in [1.29, 1.82) is 0 Å². The normalized spacial score (nSPS) is 13.5. The summed E-state index contributed by atoms with van der Waals surface area (Å²) in [4.78, 5) is 15.8. The van der Waals surface area contributed by atoms with E-state index in [9.17, 15) is 4.79 Å². The van der Waals surface area contributed by atoms with E-state index in [4.69, 9.17) is 10.5 Å². The Hall–Kier alpha value is -2.24. The monoisotopic (exact) mass is 368 g/mol. The van der Waals surface area contributed by atoms with E-state index >= 15 is 0 Å². The van der Waals surface area contributed by atoms with Crippen LogP contribution in [0.1, 0.15) is 24.9 Å². The number of hydrogen-bond acceptors (Lipinski definition) is 4. The van der Waals surface area contributed by atoms with Gasteiger partial charge >= 0.3 is 5.97 Å². The van der Waals surface area contributed by atoms with Gasteiger partial charge in [-0.1, -0.05) is 42.5 Å². The molecule has 0 fully saturated rings. The van der Waals surface area contributed by atoms with Crippen LogP contribution in [0.5, 0.6) is 0 Å². The number of benzene rings is 2. The summed E-state index contributed by atoms with van der Waals surface area (Å²) < 4.78 is 5.54. The number of hydrogen-bond donors (Lipinski definition) is 2. The van der Waals surface area contributed by atoms with E-state index in [2.05, 4.69) is 11.1 Å². The summed E-state index contributed by atoms with van der Waals surface area (Å²) in [6.45, 7) is 1.91. The molecular formula is C21H24N2O2S. The molecule has 3 N–H and O–H groups in total. The number of fused-ring (bicyclic) bond motifs is 1. The summed E-state index contributed by atoms with van der Waals surface area (Å²) in [5.74, 6) is 0.571. The minimum absolute atomic E-state index is 0.138. The molecule has 0 aliphatic heterocycles. The highest BCUT2D eigenvalue weighted by molar-refractivity contribution is 7.98. The second-order valence-corrected chi connectivity index (χ2v) is 7.33. The van der Waals surface area contributed by atoms with E-state index in [1.165, 1.54) is 0 Å². The molecule has 0 aliphatic carbocycles. The van der Waals surface area contributed by atoms with E-state index < -0.39 is 6.04 Å². The van der Waals surface area contributed by atoms with Gasteiger partial charge in [-0.2, -0.15) is 11.8 Å². The molecule has 4 nitrogen and oxygen atoms in total. The summed E-state index contributed by atoms with van der Waals surface area (Å²) >= 11 is 1.74. The number of para-hydroxylation sites is 1. The van der Waals surface area contributed by atoms with Crippen molar-refractivity contribution in [2.24, 2.45) is 5.73 Å². The Morgan fingerprint density at radius 2 is 1.88 bits per heavy atom. The van der Waals surface area contributed by atoms with Crippen LogP contribution in [0, 0.1) is 0 Å². The van der Waals surface area contributed by atoms with Crippen LogP contribution in [-0.2, 0) is 9.53 Å². The first-order chi connectivity index (χ1) is 12.6. The first-order valence-electron chi connectivity index (χ1n) is 8.72. The van der Waals surface area contributed by atoms with Gasteiger partial charge in [-0.15, -0.1) is 0 Å². The maximum absolute atomic E-state index is 12.5. The Kier molecular flexibility index (Phi) is 6.01. The number of nitrogens with two attached hydrogens (primary N) is 1. The topological polar surface area (TPSA) is 68.1 Å². The van der Waals surface area contributed by atoms with Crippen LogP contribution in [0.2, 0.25) is 0 Å². The standard InChI is InChI=1S/C21H24N2O2S/c1-14(11-12-26-2)25-21(24)20(22)17-9-4-3-7-15(17)18-13-23-19-10-6-5-8-16(18)19/h3-10,13-14,20,23H,11-12,22H2,1-2H3/t14-,20-/m0/s1. The molecule has 0 unspecified atom stereocenters. The number of carbonyl (C=O) groups excluding carboxylic acids is 1. The van der Waals surface area contributed by atoms with Crippen LogP contribution in [0.15, 0.2) is 54.7 Å². The molecule has 1 heterocycles. The number of rotatable bonds is 7. The maximum Gasteiger partial charge on any atom is 0.327 e. The highest BCUT2D eigenvalue weighted by Gasteiger charge is 2.23. The zero-order valence-electron chi connectivity index (χ0n) is 15.1. The summed E-state index contributed by atoms with van der Waals surface area (Å²) in [5.41, 5.74) is 10.1. The molecule has 3 rings (SSSR count). The van der Waals surface area contributed by atoms with Crippen molar-refractivity contribution in [3.63, 3.8) is 0 Å². The van der Waals surface area contributed by atoms with Crippen LogP contribution in [-0.4, -0.2) is 29.1 Å². The molecule has 0 radical (unpaired) electrons. The number of H-pyrrole nitrogens is 1. The predicted molar refractivity (Wildman–Crippen MR) is 109 cm³/mol. The summed E-state index contributed by atoms with van der Waals surface area (Å²) in [5, 5.41) is 1.11. The third-order valence-electron chi connectivity index (χ3n) is 4.48. The molecular weight excluding hydrogens is 344 g/mol. The lowest BCUT2D eigenvalue weighted by molar-refractivity contribution is -0.150. The van der Waals surface area contributed by atoms with Gasteiger partial charge in [0.2, 0.25) is 0 Å². The second-order valence-electron chi connectivity index (χ2n) is 6.34. The number of carbonyl (C=O) groups is 1. The number of aromatic amines is 1. The van der Waals surface area contributed by atoms with Crippen LogP contribution < -0.4 is 5.73 Å². The smallest absolute Gasteiger partial charge is 0.327 e. The Morgan fingerprint density at radius 1 is 1.15 bits per heavy atom. The average molecular weight is 369 g/mol. The van der Waals surface area contributed by atoms with Gasteiger partial charge < -0.3 is 15.5 Å². The van der Waals surface area contributed by atoms with Crippen molar-refractivity contribution < 1.29 is 9.53 Å². The highest BCUT2D eigenvalue weighted by atomic mass is 32.2. The van der Waals surface area contributed by atoms with Crippen LogP contribution >= 0.6 is 11.8 Å². The lowest BCUT2D eigenvalue weighted by Crippen LogP contribution is -2.27. The predicted octanol–water partition coefficient (Wildman–Crippen LogP) is 4.52. The molecule has 0 spiro atoms. The Labute approximate surface area is 158 Å². The van der Waals surface area contributed by atoms with Gasteiger partial charge in [0.1, 0.15) is 6.04 Å². The fourth-order valence-electron chi connectivity index (χ4n) is 3.05. The maximum atomic E-state index is 12.5. The first kappa shape index (κ1) is 18.5. The zero-order chi connectivity index (χ0) is 18.5. The lowest BCUT2D eigenvalue weighted by Gasteiger charge is -2.19. The summed E-state index contributed by atoms with van der Waals surface area (Å²) in [6, 6.07) is 15.0.